The monoisotopic (exact) mass is 354 g/mol. The second kappa shape index (κ2) is 6.73. The van der Waals surface area contributed by atoms with Crippen LogP contribution in [-0.4, -0.2) is 10.5 Å². The van der Waals surface area contributed by atoms with Gasteiger partial charge in [0.1, 0.15) is 0 Å². The minimum absolute atomic E-state index is 0.0566. The third-order valence-electron chi connectivity index (χ3n) is 4.27. The quantitative estimate of drug-likeness (QED) is 0.334. The van der Waals surface area contributed by atoms with E-state index in [4.69, 9.17) is 11.8 Å². The Kier molecular flexibility index (Phi) is 4.64. The Labute approximate surface area is 151 Å². The predicted octanol–water partition coefficient (Wildman–Crippen LogP) is 5.73. The van der Waals surface area contributed by atoms with Gasteiger partial charge in [0.2, 0.25) is 0 Å². The van der Waals surface area contributed by atoms with Gasteiger partial charge in [0, 0.05) is 23.9 Å². The molecule has 0 aromatic heterocycles. The number of rotatable bonds is 5. The molecule has 0 saturated heterocycles. The van der Waals surface area contributed by atoms with Crippen LogP contribution in [0, 0.1) is 10.1 Å². The largest absolute Gasteiger partial charge is 0.279 e. The number of nitro benzene ring substituents is 1. The van der Waals surface area contributed by atoms with Crippen molar-refractivity contribution in [3.8, 4) is 0 Å². The SMILES string of the molecule is CC(C)(Cc1ccc2ccccc2c1)N(Cl)c1ccc([N+](=O)[O-])cc1. The lowest BCUT2D eigenvalue weighted by atomic mass is 9.93. The average Bonchev–Trinajstić information content (AvgIpc) is 2.60. The molecule has 0 N–H and O–H groups in total. The van der Waals surface area contributed by atoms with Crippen molar-refractivity contribution in [2.75, 3.05) is 4.42 Å². The van der Waals surface area contributed by atoms with Crippen molar-refractivity contribution in [1.82, 2.24) is 0 Å². The molecule has 0 atom stereocenters. The van der Waals surface area contributed by atoms with Gasteiger partial charge in [-0.2, -0.15) is 0 Å². The first-order chi connectivity index (χ1) is 11.9. The number of hydrogen-bond donors (Lipinski definition) is 0. The highest BCUT2D eigenvalue weighted by atomic mass is 35.5. The first kappa shape index (κ1) is 17.2. The van der Waals surface area contributed by atoms with Gasteiger partial charge in [-0.15, -0.1) is 0 Å². The Bertz CT molecular complexity index is 907. The van der Waals surface area contributed by atoms with Gasteiger partial charge in [0.25, 0.3) is 5.69 Å². The van der Waals surface area contributed by atoms with Crippen LogP contribution < -0.4 is 4.42 Å². The van der Waals surface area contributed by atoms with Crippen LogP contribution >= 0.6 is 11.8 Å². The maximum atomic E-state index is 10.8. The van der Waals surface area contributed by atoms with Crippen molar-refractivity contribution in [3.05, 3.63) is 82.4 Å². The first-order valence-electron chi connectivity index (χ1n) is 8.05. The van der Waals surface area contributed by atoms with Crippen LogP contribution in [0.3, 0.4) is 0 Å². The Morgan fingerprint density at radius 1 is 1.00 bits per heavy atom. The lowest BCUT2D eigenvalue weighted by Crippen LogP contribution is -2.39. The number of anilines is 1. The van der Waals surface area contributed by atoms with E-state index in [-0.39, 0.29) is 11.2 Å². The zero-order valence-corrected chi connectivity index (χ0v) is 14.9. The van der Waals surface area contributed by atoms with Crippen molar-refractivity contribution in [2.24, 2.45) is 0 Å². The molecule has 128 valence electrons. The molecule has 0 radical (unpaired) electrons. The molecule has 0 aliphatic rings. The molecule has 5 heteroatoms. The Morgan fingerprint density at radius 3 is 2.28 bits per heavy atom. The molecule has 3 rings (SSSR count). The summed E-state index contributed by atoms with van der Waals surface area (Å²) >= 11 is 6.56. The van der Waals surface area contributed by atoms with Crippen molar-refractivity contribution in [3.63, 3.8) is 0 Å². The van der Waals surface area contributed by atoms with E-state index in [0.717, 1.165) is 12.1 Å². The number of hydrogen-bond acceptors (Lipinski definition) is 3. The normalized spacial score (nSPS) is 11.5. The van der Waals surface area contributed by atoms with Crippen LogP contribution in [0.4, 0.5) is 11.4 Å². The van der Waals surface area contributed by atoms with E-state index in [0.29, 0.717) is 0 Å². The highest BCUT2D eigenvalue weighted by Crippen LogP contribution is 2.31. The first-order valence-corrected chi connectivity index (χ1v) is 8.39. The van der Waals surface area contributed by atoms with Gasteiger partial charge in [0.15, 0.2) is 0 Å². The van der Waals surface area contributed by atoms with E-state index in [9.17, 15) is 10.1 Å². The Morgan fingerprint density at radius 2 is 1.64 bits per heavy atom. The zero-order chi connectivity index (χ0) is 18.0. The number of nitro groups is 1. The van der Waals surface area contributed by atoms with Crippen LogP contribution in [0.1, 0.15) is 19.4 Å². The molecular weight excluding hydrogens is 336 g/mol. The van der Waals surface area contributed by atoms with Crippen LogP contribution in [0.15, 0.2) is 66.7 Å². The van der Waals surface area contributed by atoms with E-state index in [2.05, 4.69) is 44.2 Å². The van der Waals surface area contributed by atoms with Crippen molar-refractivity contribution in [1.29, 1.82) is 0 Å². The van der Waals surface area contributed by atoms with Gasteiger partial charge < -0.3 is 0 Å². The number of benzene rings is 3. The fourth-order valence-corrected chi connectivity index (χ4v) is 3.14. The molecular formula is C20H19ClN2O2. The van der Waals surface area contributed by atoms with Crippen LogP contribution in [0.25, 0.3) is 10.8 Å². The van der Waals surface area contributed by atoms with Gasteiger partial charge in [-0.1, -0.05) is 42.5 Å². The van der Waals surface area contributed by atoms with Crippen LogP contribution in [0.2, 0.25) is 0 Å². The Balaban J connectivity index is 1.82. The highest BCUT2D eigenvalue weighted by molar-refractivity contribution is 6.26. The molecule has 0 spiro atoms. The minimum atomic E-state index is -0.414. The molecule has 4 nitrogen and oxygen atoms in total. The van der Waals surface area contributed by atoms with Gasteiger partial charge in [-0.3, -0.25) is 14.5 Å². The second-order valence-corrected chi connectivity index (χ2v) is 7.06. The van der Waals surface area contributed by atoms with Crippen molar-refractivity contribution >= 4 is 33.9 Å². The summed E-state index contributed by atoms with van der Waals surface area (Å²) in [6, 6.07) is 20.9. The minimum Gasteiger partial charge on any atom is -0.279 e. The maximum Gasteiger partial charge on any atom is 0.269 e. The fourth-order valence-electron chi connectivity index (χ4n) is 2.97. The summed E-state index contributed by atoms with van der Waals surface area (Å²) in [7, 11) is 0. The topological polar surface area (TPSA) is 46.4 Å². The van der Waals surface area contributed by atoms with Gasteiger partial charge in [-0.25, -0.2) is 0 Å². The van der Waals surface area contributed by atoms with Crippen LogP contribution in [0.5, 0.6) is 0 Å². The molecule has 3 aromatic rings. The van der Waals surface area contributed by atoms with Crippen molar-refractivity contribution < 1.29 is 4.92 Å². The zero-order valence-electron chi connectivity index (χ0n) is 14.1. The fraction of sp³-hybridized carbons (Fsp3) is 0.200. The summed E-state index contributed by atoms with van der Waals surface area (Å²) in [4.78, 5) is 10.4. The van der Waals surface area contributed by atoms with E-state index >= 15 is 0 Å². The average molecular weight is 355 g/mol. The molecule has 0 fully saturated rings. The molecule has 0 aliphatic heterocycles. The molecule has 25 heavy (non-hydrogen) atoms. The number of halogens is 1. The summed E-state index contributed by atoms with van der Waals surface area (Å²) in [5, 5.41) is 13.2. The number of fused-ring (bicyclic) bond motifs is 1. The number of non-ortho nitro benzene ring substituents is 1. The van der Waals surface area contributed by atoms with E-state index in [1.807, 2.05) is 12.1 Å². The van der Waals surface area contributed by atoms with Gasteiger partial charge >= 0.3 is 0 Å². The highest BCUT2D eigenvalue weighted by Gasteiger charge is 2.27. The molecule has 3 aromatic carbocycles. The molecule has 0 unspecified atom stereocenters. The molecule has 0 aliphatic carbocycles. The molecule has 0 heterocycles. The third-order valence-corrected chi connectivity index (χ3v) is 4.92. The number of nitrogens with zero attached hydrogens (tertiary/aromatic N) is 2. The maximum absolute atomic E-state index is 10.8. The lowest BCUT2D eigenvalue weighted by Gasteiger charge is -2.34. The van der Waals surface area contributed by atoms with E-state index in [1.54, 1.807) is 16.6 Å². The lowest BCUT2D eigenvalue weighted by molar-refractivity contribution is -0.384. The van der Waals surface area contributed by atoms with E-state index in [1.165, 1.54) is 28.5 Å². The van der Waals surface area contributed by atoms with Crippen LogP contribution in [-0.2, 0) is 6.42 Å². The molecule has 0 saturated carbocycles. The summed E-state index contributed by atoms with van der Waals surface area (Å²) in [6.45, 7) is 4.10. The van der Waals surface area contributed by atoms with Gasteiger partial charge in [0.05, 0.1) is 16.1 Å². The summed E-state index contributed by atoms with van der Waals surface area (Å²) < 4.78 is 1.64. The van der Waals surface area contributed by atoms with Gasteiger partial charge in [-0.05, 0) is 48.7 Å². The van der Waals surface area contributed by atoms with E-state index < -0.39 is 4.92 Å². The summed E-state index contributed by atoms with van der Waals surface area (Å²) in [5.41, 5.74) is 1.62. The van der Waals surface area contributed by atoms with Crippen molar-refractivity contribution in [2.45, 2.75) is 25.8 Å². The Hall–Kier alpha value is -2.59. The third kappa shape index (κ3) is 3.74. The summed E-state index contributed by atoms with van der Waals surface area (Å²) in [5.74, 6) is 0. The smallest absolute Gasteiger partial charge is 0.269 e. The standard InChI is InChI=1S/C20H19ClN2O2/c1-20(2,22(21)18-9-11-19(12-10-18)23(24)25)14-15-7-8-16-5-3-4-6-17(16)13-15/h3-13H,14H2,1-2H3. The molecule has 0 bridgehead atoms. The second-order valence-electron chi connectivity index (χ2n) is 6.73. The predicted molar refractivity (Wildman–Crippen MR) is 103 cm³/mol. The summed E-state index contributed by atoms with van der Waals surface area (Å²) in [6.07, 6.45) is 0.748. The molecule has 0 amide bonds.